The van der Waals surface area contributed by atoms with Gasteiger partial charge >= 0.3 is 6.18 Å². The average molecular weight is 386 g/mol. The minimum Gasteiger partial charge on any atom is -0.351 e. The zero-order valence-corrected chi connectivity index (χ0v) is 14.6. The maximum Gasteiger partial charge on any atom is 0.416 e. The van der Waals surface area contributed by atoms with Gasteiger partial charge < -0.3 is 5.32 Å². The van der Waals surface area contributed by atoms with Gasteiger partial charge in [-0.25, -0.2) is 13.1 Å². The van der Waals surface area contributed by atoms with Crippen molar-refractivity contribution in [3.63, 3.8) is 0 Å². The van der Waals surface area contributed by atoms with E-state index in [0.29, 0.717) is 6.07 Å². The van der Waals surface area contributed by atoms with Crippen LogP contribution in [0.4, 0.5) is 13.2 Å². The molecule has 2 aromatic rings. The fraction of sp³-hybridized carbons (Fsp3) is 0.235. The van der Waals surface area contributed by atoms with Crippen molar-refractivity contribution in [2.75, 3.05) is 6.54 Å². The van der Waals surface area contributed by atoms with Crippen molar-refractivity contribution in [1.82, 2.24) is 10.0 Å². The van der Waals surface area contributed by atoms with E-state index >= 15 is 0 Å². The summed E-state index contributed by atoms with van der Waals surface area (Å²) < 4.78 is 64.2. The molecule has 5 nitrogen and oxygen atoms in total. The van der Waals surface area contributed by atoms with E-state index < -0.39 is 39.1 Å². The summed E-state index contributed by atoms with van der Waals surface area (Å²) in [6.45, 7) is 1.56. The van der Waals surface area contributed by atoms with E-state index in [4.69, 9.17) is 0 Å². The summed E-state index contributed by atoms with van der Waals surface area (Å²) in [6.07, 6.45) is -4.66. The molecule has 0 radical (unpaired) electrons. The smallest absolute Gasteiger partial charge is 0.351 e. The number of halogens is 3. The zero-order valence-electron chi connectivity index (χ0n) is 13.8. The number of carbonyl (C=O) groups excluding carboxylic acids is 1. The molecule has 0 atom stereocenters. The third kappa shape index (κ3) is 5.57. The highest BCUT2D eigenvalue weighted by atomic mass is 32.2. The van der Waals surface area contributed by atoms with Crippen LogP contribution in [-0.2, 0) is 27.5 Å². The van der Waals surface area contributed by atoms with Crippen molar-refractivity contribution in [2.24, 2.45) is 0 Å². The summed E-state index contributed by atoms with van der Waals surface area (Å²) in [4.78, 5) is 11.2. The first kappa shape index (κ1) is 19.9. The SMILES string of the molecule is Cc1ccc(CNC(=O)CNS(=O)(=O)c2cccc(C(F)(F)F)c2)cc1. The maximum atomic E-state index is 12.7. The molecule has 0 aliphatic heterocycles. The van der Waals surface area contributed by atoms with E-state index in [1.165, 1.54) is 0 Å². The second kappa shape index (κ2) is 7.88. The van der Waals surface area contributed by atoms with Crippen molar-refractivity contribution >= 4 is 15.9 Å². The van der Waals surface area contributed by atoms with Gasteiger partial charge in [-0.15, -0.1) is 0 Å². The Morgan fingerprint density at radius 2 is 1.73 bits per heavy atom. The molecule has 2 rings (SSSR count). The van der Waals surface area contributed by atoms with E-state index in [1.807, 2.05) is 35.9 Å². The van der Waals surface area contributed by atoms with Gasteiger partial charge in [0.1, 0.15) is 0 Å². The van der Waals surface area contributed by atoms with E-state index in [0.717, 1.165) is 29.3 Å². The summed E-state index contributed by atoms with van der Waals surface area (Å²) >= 11 is 0. The molecule has 9 heteroatoms. The molecule has 0 fully saturated rings. The van der Waals surface area contributed by atoms with Gasteiger partial charge in [0.2, 0.25) is 15.9 Å². The van der Waals surface area contributed by atoms with Crippen LogP contribution >= 0.6 is 0 Å². The van der Waals surface area contributed by atoms with E-state index in [1.54, 1.807) is 0 Å². The zero-order chi connectivity index (χ0) is 19.4. The number of rotatable bonds is 6. The van der Waals surface area contributed by atoms with Crippen molar-refractivity contribution in [2.45, 2.75) is 24.5 Å². The third-order valence-corrected chi connectivity index (χ3v) is 4.90. The molecule has 26 heavy (non-hydrogen) atoms. The number of aryl methyl sites for hydroxylation is 1. The monoisotopic (exact) mass is 386 g/mol. The van der Waals surface area contributed by atoms with Crippen molar-refractivity contribution < 1.29 is 26.4 Å². The average Bonchev–Trinajstić information content (AvgIpc) is 2.59. The lowest BCUT2D eigenvalue weighted by molar-refractivity contribution is -0.137. The lowest BCUT2D eigenvalue weighted by atomic mass is 10.1. The number of hydrogen-bond donors (Lipinski definition) is 2. The first-order chi connectivity index (χ1) is 12.1. The summed E-state index contributed by atoms with van der Waals surface area (Å²) in [6, 6.07) is 10.7. The third-order valence-electron chi connectivity index (χ3n) is 3.50. The Kier molecular flexibility index (Phi) is 6.04. The van der Waals surface area contributed by atoms with E-state index in [9.17, 15) is 26.4 Å². The molecule has 0 aliphatic carbocycles. The molecule has 140 valence electrons. The predicted molar refractivity (Wildman–Crippen MR) is 89.7 cm³/mol. The number of hydrogen-bond acceptors (Lipinski definition) is 3. The molecule has 2 aromatic carbocycles. The normalized spacial score (nSPS) is 12.0. The molecule has 0 saturated heterocycles. The minimum atomic E-state index is -4.66. The van der Waals surface area contributed by atoms with Crippen molar-refractivity contribution in [3.05, 3.63) is 65.2 Å². The molecule has 0 saturated carbocycles. The Hall–Kier alpha value is -2.39. The van der Waals surface area contributed by atoms with Crippen LogP contribution in [0.5, 0.6) is 0 Å². The summed E-state index contributed by atoms with van der Waals surface area (Å²) in [5.74, 6) is -0.596. The topological polar surface area (TPSA) is 75.3 Å². The van der Waals surface area contributed by atoms with Crippen LogP contribution < -0.4 is 10.0 Å². The van der Waals surface area contributed by atoms with Gasteiger partial charge in [-0.2, -0.15) is 13.2 Å². The number of amides is 1. The molecule has 0 bridgehead atoms. The fourth-order valence-electron chi connectivity index (χ4n) is 2.05. The lowest BCUT2D eigenvalue weighted by Crippen LogP contribution is -2.36. The fourth-order valence-corrected chi connectivity index (χ4v) is 3.08. The number of alkyl halides is 3. The lowest BCUT2D eigenvalue weighted by Gasteiger charge is -2.10. The second-order valence-corrected chi connectivity index (χ2v) is 7.38. The van der Waals surface area contributed by atoms with Gasteiger partial charge in [0.05, 0.1) is 17.0 Å². The molecular weight excluding hydrogens is 369 g/mol. The highest BCUT2D eigenvalue weighted by molar-refractivity contribution is 7.89. The van der Waals surface area contributed by atoms with Gasteiger partial charge in [0.15, 0.2) is 0 Å². The van der Waals surface area contributed by atoms with E-state index in [2.05, 4.69) is 5.32 Å². The summed E-state index contributed by atoms with van der Waals surface area (Å²) in [5.41, 5.74) is 0.822. The molecular formula is C17H17F3N2O3S. The highest BCUT2D eigenvalue weighted by Gasteiger charge is 2.31. The van der Waals surface area contributed by atoms with Crippen LogP contribution in [0.15, 0.2) is 53.4 Å². The quantitative estimate of drug-likeness (QED) is 0.801. The van der Waals surface area contributed by atoms with Gasteiger partial charge in [-0.1, -0.05) is 35.9 Å². The second-order valence-electron chi connectivity index (χ2n) is 5.61. The summed E-state index contributed by atoms with van der Waals surface area (Å²) in [7, 11) is -4.24. The van der Waals surface area contributed by atoms with Crippen LogP contribution in [0.1, 0.15) is 16.7 Å². The highest BCUT2D eigenvalue weighted by Crippen LogP contribution is 2.30. The number of nitrogens with one attached hydrogen (secondary N) is 2. The Bertz CT molecular complexity index is 879. The Balaban J connectivity index is 1.95. The number of benzene rings is 2. The summed E-state index contributed by atoms with van der Waals surface area (Å²) in [5, 5.41) is 2.53. The predicted octanol–water partition coefficient (Wildman–Crippen LogP) is 2.61. The first-order valence-corrected chi connectivity index (χ1v) is 9.05. The molecule has 0 spiro atoms. The Morgan fingerprint density at radius 1 is 1.08 bits per heavy atom. The van der Waals surface area contributed by atoms with Crippen LogP contribution in [0, 0.1) is 6.92 Å². The largest absolute Gasteiger partial charge is 0.416 e. The van der Waals surface area contributed by atoms with Crippen LogP contribution in [0.2, 0.25) is 0 Å². The van der Waals surface area contributed by atoms with Crippen molar-refractivity contribution in [3.8, 4) is 0 Å². The first-order valence-electron chi connectivity index (χ1n) is 7.57. The Morgan fingerprint density at radius 3 is 2.35 bits per heavy atom. The van der Waals surface area contributed by atoms with Crippen LogP contribution in [0.25, 0.3) is 0 Å². The molecule has 0 heterocycles. The number of sulfonamides is 1. The Labute approximate surface area is 149 Å². The molecule has 0 aliphatic rings. The van der Waals surface area contributed by atoms with Crippen LogP contribution in [0.3, 0.4) is 0 Å². The molecule has 2 N–H and O–H groups in total. The standard InChI is InChI=1S/C17H17F3N2O3S/c1-12-5-7-13(8-6-12)10-21-16(23)11-22-26(24,25)15-4-2-3-14(9-15)17(18,19)20/h2-9,22H,10-11H2,1H3,(H,21,23). The van der Waals surface area contributed by atoms with Gasteiger partial charge in [0.25, 0.3) is 0 Å². The minimum absolute atomic E-state index is 0.213. The van der Waals surface area contributed by atoms with Gasteiger partial charge in [-0.3, -0.25) is 4.79 Å². The molecule has 1 amide bonds. The van der Waals surface area contributed by atoms with Crippen LogP contribution in [-0.4, -0.2) is 20.9 Å². The van der Waals surface area contributed by atoms with Gasteiger partial charge in [-0.05, 0) is 30.7 Å². The number of carbonyl (C=O) groups is 1. The maximum absolute atomic E-state index is 12.7. The van der Waals surface area contributed by atoms with E-state index in [-0.39, 0.29) is 6.54 Å². The van der Waals surface area contributed by atoms with Crippen molar-refractivity contribution in [1.29, 1.82) is 0 Å². The molecule has 0 aromatic heterocycles. The van der Waals surface area contributed by atoms with Gasteiger partial charge in [0, 0.05) is 6.54 Å². The molecule has 0 unspecified atom stereocenters.